The fourth-order valence-corrected chi connectivity index (χ4v) is 3.27. The fourth-order valence-electron chi connectivity index (χ4n) is 2.62. The van der Waals surface area contributed by atoms with Crippen molar-refractivity contribution >= 4 is 34.9 Å². The molecule has 2 aromatic heterocycles. The molecular formula is C21H20N2O6S. The number of aryl methyl sites for hydroxylation is 2. The third kappa shape index (κ3) is 5.12. The summed E-state index contributed by atoms with van der Waals surface area (Å²) in [7, 11) is 1.28. The van der Waals surface area contributed by atoms with Gasteiger partial charge in [-0.3, -0.25) is 9.59 Å². The van der Waals surface area contributed by atoms with E-state index in [2.05, 4.69) is 15.0 Å². The topological polar surface area (TPSA) is 108 Å². The normalized spacial score (nSPS) is 10.5. The monoisotopic (exact) mass is 428 g/mol. The number of anilines is 1. The van der Waals surface area contributed by atoms with Gasteiger partial charge in [-0.1, -0.05) is 12.1 Å². The number of nitrogens with zero attached hydrogens (tertiary/aromatic N) is 1. The summed E-state index contributed by atoms with van der Waals surface area (Å²) in [6, 6.07) is 8.55. The Bertz CT molecular complexity index is 1070. The Labute approximate surface area is 176 Å². The molecule has 0 radical (unpaired) electrons. The van der Waals surface area contributed by atoms with E-state index in [1.54, 1.807) is 26.0 Å². The minimum atomic E-state index is -0.598. The van der Waals surface area contributed by atoms with Crippen molar-refractivity contribution in [3.63, 3.8) is 0 Å². The van der Waals surface area contributed by atoms with E-state index in [4.69, 9.17) is 9.15 Å². The van der Waals surface area contributed by atoms with Crippen LogP contribution in [0.15, 0.2) is 40.1 Å². The van der Waals surface area contributed by atoms with Crippen LogP contribution in [0.5, 0.6) is 0 Å². The van der Waals surface area contributed by atoms with Crippen LogP contribution in [0.1, 0.15) is 27.4 Å². The Morgan fingerprint density at radius 2 is 2.00 bits per heavy atom. The van der Waals surface area contributed by atoms with Gasteiger partial charge in [0, 0.05) is 5.69 Å². The van der Waals surface area contributed by atoms with Crippen LogP contribution in [-0.2, 0) is 25.5 Å². The average molecular weight is 428 g/mol. The lowest BCUT2D eigenvalue weighted by atomic mass is 10.1. The van der Waals surface area contributed by atoms with Crippen molar-refractivity contribution in [1.82, 2.24) is 4.98 Å². The molecule has 1 aromatic carbocycles. The number of esters is 2. The summed E-state index contributed by atoms with van der Waals surface area (Å²) < 4.78 is 15.3. The number of carbonyl (C=O) groups excluding carboxylic acids is 3. The van der Waals surface area contributed by atoms with E-state index in [-0.39, 0.29) is 6.42 Å². The third-order valence-corrected chi connectivity index (χ3v) is 5.09. The number of benzene rings is 1. The molecular weight excluding hydrogens is 408 g/mol. The minimum absolute atomic E-state index is 0.106. The lowest BCUT2D eigenvalue weighted by molar-refractivity contribution is -0.146. The Balaban J connectivity index is 1.55. The van der Waals surface area contributed by atoms with Gasteiger partial charge in [-0.2, -0.15) is 0 Å². The molecule has 2 heterocycles. The molecule has 0 aliphatic rings. The van der Waals surface area contributed by atoms with Gasteiger partial charge < -0.3 is 19.2 Å². The SMILES string of the molecule is COC(=O)c1ccc(C)c(NC(=O)COC(=O)Cc2nc(-c3cccs3)oc2C)c1. The maximum absolute atomic E-state index is 12.2. The highest BCUT2D eigenvalue weighted by Gasteiger charge is 2.17. The summed E-state index contributed by atoms with van der Waals surface area (Å²) in [6.07, 6.45) is -0.106. The van der Waals surface area contributed by atoms with Gasteiger partial charge in [0.25, 0.3) is 5.91 Å². The van der Waals surface area contributed by atoms with E-state index >= 15 is 0 Å². The number of methoxy groups -OCH3 is 1. The first-order chi connectivity index (χ1) is 14.4. The number of nitrogens with one attached hydrogen (secondary N) is 1. The quantitative estimate of drug-likeness (QED) is 0.574. The van der Waals surface area contributed by atoms with Crippen LogP contribution >= 0.6 is 11.3 Å². The van der Waals surface area contributed by atoms with Crippen LogP contribution in [0.3, 0.4) is 0 Å². The molecule has 1 amide bonds. The maximum atomic E-state index is 12.2. The molecule has 0 aliphatic carbocycles. The number of amides is 1. The molecule has 9 heteroatoms. The summed E-state index contributed by atoms with van der Waals surface area (Å²) in [4.78, 5) is 41.1. The Morgan fingerprint density at radius 3 is 2.70 bits per heavy atom. The van der Waals surface area contributed by atoms with Crippen LogP contribution < -0.4 is 5.32 Å². The number of rotatable bonds is 7. The number of oxazole rings is 1. The Kier molecular flexibility index (Phi) is 6.63. The molecule has 0 unspecified atom stereocenters. The second kappa shape index (κ2) is 9.36. The third-order valence-electron chi connectivity index (χ3n) is 4.23. The molecule has 8 nitrogen and oxygen atoms in total. The molecule has 3 aromatic rings. The fraction of sp³-hybridized carbons (Fsp3) is 0.238. The highest BCUT2D eigenvalue weighted by molar-refractivity contribution is 7.13. The Hall–Kier alpha value is -3.46. The van der Waals surface area contributed by atoms with Crippen molar-refractivity contribution in [3.8, 4) is 10.8 Å². The van der Waals surface area contributed by atoms with Gasteiger partial charge in [-0.05, 0) is 43.0 Å². The minimum Gasteiger partial charge on any atom is -0.465 e. The second-order valence-corrected chi connectivity index (χ2v) is 7.35. The molecule has 3 rings (SSSR count). The molecule has 0 spiro atoms. The first kappa shape index (κ1) is 21.3. The van der Waals surface area contributed by atoms with E-state index in [1.165, 1.54) is 24.5 Å². The predicted octanol–water partition coefficient (Wildman–Crippen LogP) is 3.53. The maximum Gasteiger partial charge on any atom is 0.337 e. The summed E-state index contributed by atoms with van der Waals surface area (Å²) in [5.74, 6) is -0.662. The molecule has 0 saturated carbocycles. The number of hydrogen-bond donors (Lipinski definition) is 1. The number of aromatic nitrogens is 1. The molecule has 1 N–H and O–H groups in total. The summed E-state index contributed by atoms with van der Waals surface area (Å²) in [6.45, 7) is 3.03. The van der Waals surface area contributed by atoms with Crippen LogP contribution in [0.4, 0.5) is 5.69 Å². The summed E-state index contributed by atoms with van der Waals surface area (Å²) in [5.41, 5.74) is 1.96. The van der Waals surface area contributed by atoms with Gasteiger partial charge in [0.1, 0.15) is 5.76 Å². The molecule has 30 heavy (non-hydrogen) atoms. The van der Waals surface area contributed by atoms with Crippen LogP contribution in [0.25, 0.3) is 10.8 Å². The van der Waals surface area contributed by atoms with Crippen molar-refractivity contribution in [2.45, 2.75) is 20.3 Å². The van der Waals surface area contributed by atoms with Gasteiger partial charge in [-0.25, -0.2) is 9.78 Å². The standard InChI is InChI=1S/C21H20N2O6S/c1-12-6-7-14(21(26)27-3)9-15(12)22-18(24)11-28-19(25)10-16-13(2)29-20(23-16)17-5-4-8-30-17/h4-9H,10-11H2,1-3H3,(H,22,24). The number of ether oxygens (including phenoxy) is 2. The van der Waals surface area contributed by atoms with Gasteiger partial charge in [0.05, 0.1) is 29.7 Å². The number of thiophene rings is 1. The zero-order valence-corrected chi connectivity index (χ0v) is 17.5. The van der Waals surface area contributed by atoms with Gasteiger partial charge in [-0.15, -0.1) is 11.3 Å². The van der Waals surface area contributed by atoms with Gasteiger partial charge >= 0.3 is 11.9 Å². The van der Waals surface area contributed by atoms with Gasteiger partial charge in [0.15, 0.2) is 6.61 Å². The van der Waals surface area contributed by atoms with E-state index < -0.39 is 24.5 Å². The first-order valence-corrected chi connectivity index (χ1v) is 9.90. The molecule has 0 fully saturated rings. The van der Waals surface area contributed by atoms with E-state index in [1.807, 2.05) is 17.5 Å². The molecule has 0 bridgehead atoms. The van der Waals surface area contributed by atoms with E-state index in [9.17, 15) is 14.4 Å². The smallest absolute Gasteiger partial charge is 0.337 e. The largest absolute Gasteiger partial charge is 0.465 e. The van der Waals surface area contributed by atoms with Crippen molar-refractivity contribution in [2.24, 2.45) is 0 Å². The average Bonchev–Trinajstić information content (AvgIpc) is 3.38. The lowest BCUT2D eigenvalue weighted by Gasteiger charge is -2.10. The Morgan fingerprint density at radius 1 is 1.20 bits per heavy atom. The highest BCUT2D eigenvalue weighted by Crippen LogP contribution is 2.26. The molecule has 0 aliphatic heterocycles. The molecule has 156 valence electrons. The summed E-state index contributed by atoms with van der Waals surface area (Å²) in [5, 5.41) is 4.53. The van der Waals surface area contributed by atoms with Crippen molar-refractivity contribution in [2.75, 3.05) is 19.0 Å². The van der Waals surface area contributed by atoms with Crippen molar-refractivity contribution in [1.29, 1.82) is 0 Å². The number of carbonyl (C=O) groups is 3. The summed E-state index contributed by atoms with van der Waals surface area (Å²) >= 11 is 1.48. The van der Waals surface area contributed by atoms with Crippen LogP contribution in [0, 0.1) is 13.8 Å². The van der Waals surface area contributed by atoms with Crippen molar-refractivity contribution < 1.29 is 28.3 Å². The lowest BCUT2D eigenvalue weighted by Crippen LogP contribution is -2.22. The van der Waals surface area contributed by atoms with Crippen molar-refractivity contribution in [3.05, 3.63) is 58.3 Å². The van der Waals surface area contributed by atoms with E-state index in [0.717, 1.165) is 10.4 Å². The molecule has 0 saturated heterocycles. The number of hydrogen-bond acceptors (Lipinski definition) is 8. The zero-order valence-electron chi connectivity index (χ0n) is 16.7. The van der Waals surface area contributed by atoms with Gasteiger partial charge in [0.2, 0.25) is 5.89 Å². The second-order valence-electron chi connectivity index (χ2n) is 6.41. The predicted molar refractivity (Wildman–Crippen MR) is 110 cm³/mol. The first-order valence-electron chi connectivity index (χ1n) is 9.02. The zero-order chi connectivity index (χ0) is 21.7. The van der Waals surface area contributed by atoms with Crippen LogP contribution in [-0.4, -0.2) is 36.5 Å². The van der Waals surface area contributed by atoms with Crippen LogP contribution in [0.2, 0.25) is 0 Å². The molecule has 0 atom stereocenters. The van der Waals surface area contributed by atoms with E-state index in [0.29, 0.717) is 28.6 Å². The highest BCUT2D eigenvalue weighted by atomic mass is 32.1.